The molecule has 3 aromatic carbocycles. The fourth-order valence-corrected chi connectivity index (χ4v) is 4.66. The topological polar surface area (TPSA) is 70.1 Å². The minimum atomic E-state index is -1.02. The van der Waals surface area contributed by atoms with Crippen molar-refractivity contribution in [3.8, 4) is 0 Å². The van der Waals surface area contributed by atoms with Crippen LogP contribution in [0.2, 0.25) is 5.02 Å². The second-order valence-electron chi connectivity index (χ2n) is 7.82. The molecule has 3 aromatic rings. The van der Waals surface area contributed by atoms with Crippen LogP contribution in [0.15, 0.2) is 82.4 Å². The number of carbonyl (C=O) groups is 3. The smallest absolute Gasteiger partial charge is 0.259 e. The molecule has 2 aliphatic rings. The number of hydrogen-bond acceptors (Lipinski definition) is 5. The minimum absolute atomic E-state index is 0.0506. The largest absolute Gasteiger partial charge is 0.287 e. The molecule has 2 atom stereocenters. The quantitative estimate of drug-likeness (QED) is 0.356. The standard InChI is InChI=1S/C25H17BrClN3O3/c1-14-18(27)8-5-9-19(14)29-24(32)20-21(23(31)15-6-3-2-4-7-15)28-30(22(20)25(29)33)17-12-10-16(26)11-13-17/h2-13,20,22H,1H3/t20-,22-/m0/s1. The fourth-order valence-electron chi connectivity index (χ4n) is 4.22. The summed E-state index contributed by atoms with van der Waals surface area (Å²) in [5.41, 5.74) is 2.09. The van der Waals surface area contributed by atoms with Crippen LogP contribution in [0.1, 0.15) is 15.9 Å². The predicted octanol–water partition coefficient (Wildman–Crippen LogP) is 5.03. The van der Waals surface area contributed by atoms with Crippen molar-refractivity contribution in [2.24, 2.45) is 11.0 Å². The lowest BCUT2D eigenvalue weighted by Crippen LogP contribution is -2.39. The van der Waals surface area contributed by atoms with Gasteiger partial charge >= 0.3 is 0 Å². The molecule has 8 heteroatoms. The Bertz CT molecular complexity index is 1320. The second-order valence-corrected chi connectivity index (χ2v) is 9.14. The highest BCUT2D eigenvalue weighted by Gasteiger charge is 2.58. The summed E-state index contributed by atoms with van der Waals surface area (Å²) < 4.78 is 0.858. The number of imide groups is 1. The summed E-state index contributed by atoms with van der Waals surface area (Å²) in [5.74, 6) is -2.33. The van der Waals surface area contributed by atoms with Gasteiger partial charge in [-0.2, -0.15) is 5.10 Å². The Morgan fingerprint density at radius 2 is 1.64 bits per heavy atom. The van der Waals surface area contributed by atoms with E-state index < -0.39 is 23.8 Å². The minimum Gasteiger partial charge on any atom is -0.287 e. The first-order valence-electron chi connectivity index (χ1n) is 10.2. The lowest BCUT2D eigenvalue weighted by Gasteiger charge is -2.23. The molecule has 5 rings (SSSR count). The Hall–Kier alpha value is -3.29. The van der Waals surface area contributed by atoms with Crippen LogP contribution in [0.4, 0.5) is 11.4 Å². The first-order valence-corrected chi connectivity index (χ1v) is 11.4. The number of fused-ring (bicyclic) bond motifs is 1. The van der Waals surface area contributed by atoms with E-state index in [2.05, 4.69) is 21.0 Å². The van der Waals surface area contributed by atoms with E-state index in [9.17, 15) is 14.4 Å². The number of carbonyl (C=O) groups excluding carboxylic acids is 3. The van der Waals surface area contributed by atoms with Crippen LogP contribution < -0.4 is 9.91 Å². The summed E-state index contributed by atoms with van der Waals surface area (Å²) in [7, 11) is 0. The third kappa shape index (κ3) is 3.48. The monoisotopic (exact) mass is 521 g/mol. The molecule has 1 saturated heterocycles. The van der Waals surface area contributed by atoms with Crippen LogP contribution >= 0.6 is 27.5 Å². The second kappa shape index (κ2) is 8.24. The Kier molecular flexibility index (Phi) is 5.38. The van der Waals surface area contributed by atoms with Gasteiger partial charge in [0.05, 0.1) is 11.4 Å². The number of hydrogen-bond donors (Lipinski definition) is 0. The molecule has 0 aliphatic carbocycles. The number of Topliss-reactive ketones (excluding diaryl/α,β-unsaturated/α-hetero) is 1. The maximum Gasteiger partial charge on any atom is 0.259 e. The number of halogens is 2. The summed E-state index contributed by atoms with van der Waals surface area (Å²) in [6.07, 6.45) is 0. The summed E-state index contributed by atoms with van der Waals surface area (Å²) in [6, 6.07) is 19.9. The van der Waals surface area contributed by atoms with Crippen molar-refractivity contribution in [2.75, 3.05) is 9.91 Å². The molecule has 0 aromatic heterocycles. The lowest BCUT2D eigenvalue weighted by atomic mass is 9.92. The molecular weight excluding hydrogens is 506 g/mol. The zero-order valence-electron chi connectivity index (χ0n) is 17.4. The SMILES string of the molecule is Cc1c(Cl)cccc1N1C(=O)[C@H]2C(C(=O)c3ccccc3)=NN(c3ccc(Br)cc3)[C@@H]2C1=O. The summed E-state index contributed by atoms with van der Waals surface area (Å²) in [4.78, 5) is 41.8. The average molecular weight is 523 g/mol. The maximum absolute atomic E-state index is 13.6. The van der Waals surface area contributed by atoms with E-state index in [1.54, 1.807) is 67.6 Å². The van der Waals surface area contributed by atoms with Crippen molar-refractivity contribution in [1.82, 2.24) is 0 Å². The first kappa shape index (κ1) is 21.6. The van der Waals surface area contributed by atoms with Crippen LogP contribution in [-0.4, -0.2) is 29.4 Å². The summed E-state index contributed by atoms with van der Waals surface area (Å²) >= 11 is 9.67. The molecule has 2 amide bonds. The number of amides is 2. The predicted molar refractivity (Wildman–Crippen MR) is 131 cm³/mol. The molecule has 6 nitrogen and oxygen atoms in total. The molecule has 0 radical (unpaired) electrons. The number of benzene rings is 3. The van der Waals surface area contributed by atoms with E-state index in [1.165, 1.54) is 5.01 Å². The van der Waals surface area contributed by atoms with Crippen molar-refractivity contribution < 1.29 is 14.4 Å². The Morgan fingerprint density at radius 1 is 0.939 bits per heavy atom. The molecule has 0 unspecified atom stereocenters. The molecule has 0 bridgehead atoms. The van der Waals surface area contributed by atoms with Crippen LogP contribution in [0.5, 0.6) is 0 Å². The molecule has 164 valence electrons. The van der Waals surface area contributed by atoms with Gasteiger partial charge in [-0.05, 0) is 48.9 Å². The van der Waals surface area contributed by atoms with Gasteiger partial charge in [0.15, 0.2) is 0 Å². The van der Waals surface area contributed by atoms with Gasteiger partial charge in [-0.1, -0.05) is 63.9 Å². The molecule has 0 spiro atoms. The van der Waals surface area contributed by atoms with Gasteiger partial charge < -0.3 is 0 Å². The highest BCUT2D eigenvalue weighted by molar-refractivity contribution is 9.10. The van der Waals surface area contributed by atoms with Crippen molar-refractivity contribution in [1.29, 1.82) is 0 Å². The van der Waals surface area contributed by atoms with Crippen molar-refractivity contribution in [2.45, 2.75) is 13.0 Å². The molecule has 0 N–H and O–H groups in total. The number of rotatable bonds is 4. The highest BCUT2D eigenvalue weighted by Crippen LogP contribution is 2.40. The van der Waals surface area contributed by atoms with Gasteiger partial charge in [-0.15, -0.1) is 0 Å². The highest BCUT2D eigenvalue weighted by atomic mass is 79.9. The third-order valence-electron chi connectivity index (χ3n) is 5.89. The van der Waals surface area contributed by atoms with Crippen LogP contribution in [0, 0.1) is 12.8 Å². The lowest BCUT2D eigenvalue weighted by molar-refractivity contribution is -0.121. The van der Waals surface area contributed by atoms with Crippen LogP contribution in [-0.2, 0) is 9.59 Å². The Balaban J connectivity index is 1.64. The Labute approximate surface area is 203 Å². The van der Waals surface area contributed by atoms with Gasteiger partial charge in [-0.25, -0.2) is 4.90 Å². The summed E-state index contributed by atoms with van der Waals surface area (Å²) in [6.45, 7) is 1.75. The normalized spacial score (nSPS) is 19.7. The maximum atomic E-state index is 13.6. The van der Waals surface area contributed by atoms with E-state index in [0.29, 0.717) is 27.5 Å². The molecule has 2 heterocycles. The van der Waals surface area contributed by atoms with Gasteiger partial charge in [-0.3, -0.25) is 19.4 Å². The van der Waals surface area contributed by atoms with Crippen molar-refractivity contribution >= 4 is 62.2 Å². The third-order valence-corrected chi connectivity index (χ3v) is 6.83. The van der Waals surface area contributed by atoms with Crippen molar-refractivity contribution in [3.63, 3.8) is 0 Å². The molecule has 33 heavy (non-hydrogen) atoms. The van der Waals surface area contributed by atoms with Gasteiger partial charge in [0.25, 0.3) is 5.91 Å². The van der Waals surface area contributed by atoms with Crippen LogP contribution in [0.3, 0.4) is 0 Å². The number of ketones is 1. The number of nitrogens with zero attached hydrogens (tertiary/aromatic N) is 3. The van der Waals surface area contributed by atoms with E-state index in [4.69, 9.17) is 11.6 Å². The van der Waals surface area contributed by atoms with E-state index in [0.717, 1.165) is 9.37 Å². The van der Waals surface area contributed by atoms with Gasteiger partial charge in [0.2, 0.25) is 11.7 Å². The molecule has 0 saturated carbocycles. The zero-order chi connectivity index (χ0) is 23.3. The van der Waals surface area contributed by atoms with Crippen molar-refractivity contribution in [3.05, 3.63) is 93.4 Å². The van der Waals surface area contributed by atoms with E-state index >= 15 is 0 Å². The molecule has 1 fully saturated rings. The molecular formula is C25H17BrClN3O3. The van der Waals surface area contributed by atoms with Gasteiger partial charge in [0, 0.05) is 15.1 Å². The van der Waals surface area contributed by atoms with Crippen LogP contribution in [0.25, 0.3) is 0 Å². The first-order chi connectivity index (χ1) is 15.9. The van der Waals surface area contributed by atoms with E-state index in [-0.39, 0.29) is 11.5 Å². The summed E-state index contributed by atoms with van der Waals surface area (Å²) in [5, 5.41) is 6.44. The fraction of sp³-hybridized carbons (Fsp3) is 0.120. The zero-order valence-corrected chi connectivity index (χ0v) is 19.7. The molecule has 2 aliphatic heterocycles. The Morgan fingerprint density at radius 3 is 2.33 bits per heavy atom. The average Bonchev–Trinajstić information content (AvgIpc) is 3.33. The number of anilines is 2. The number of hydrazone groups is 1. The van der Waals surface area contributed by atoms with E-state index in [1.807, 2.05) is 12.1 Å². The van der Waals surface area contributed by atoms with Gasteiger partial charge in [0.1, 0.15) is 17.7 Å².